The van der Waals surface area contributed by atoms with Gasteiger partial charge in [0.05, 0.1) is 12.1 Å². The third kappa shape index (κ3) is 1.60. The zero-order chi connectivity index (χ0) is 10.1. The number of hydrogen-bond donors (Lipinski definition) is 3. The summed E-state index contributed by atoms with van der Waals surface area (Å²) in [6.07, 6.45) is 1.04. The molecule has 0 radical (unpaired) electrons. The number of carbonyl (C=O) groups excluding carboxylic acids is 1. The van der Waals surface area contributed by atoms with Crippen molar-refractivity contribution < 1.29 is 9.90 Å². The minimum atomic E-state index is -0.509. The number of carbonyl (C=O) groups is 1. The van der Waals surface area contributed by atoms with E-state index in [4.69, 9.17) is 5.73 Å². The van der Waals surface area contributed by atoms with Crippen molar-refractivity contribution in [2.45, 2.75) is 25.0 Å². The molecule has 4 nitrogen and oxygen atoms in total. The Morgan fingerprint density at radius 3 is 3.14 bits per heavy atom. The Balaban J connectivity index is 2.24. The maximum atomic E-state index is 10.7. The number of primary amides is 1. The maximum Gasteiger partial charge on any atom is 0.312 e. The molecule has 2 rings (SSSR count). The van der Waals surface area contributed by atoms with Crippen molar-refractivity contribution in [3.63, 3.8) is 0 Å². The molecule has 1 heterocycles. The van der Waals surface area contributed by atoms with Crippen LogP contribution in [0, 0.1) is 0 Å². The number of nitrogens with one attached hydrogen (secondary N) is 1. The van der Waals surface area contributed by atoms with E-state index in [0.29, 0.717) is 6.42 Å². The minimum Gasteiger partial charge on any atom is -0.388 e. The molecule has 5 heteroatoms. The Kier molecular flexibility index (Phi) is 2.43. The standard InChI is InChI=1S/C9H12N2O2S/c10-9(13)11-6-1-2-7(12)5-3-4-14-8(5)6/h3-4,6-7,12H,1-2H2,(H3,10,11,13)/t6-,7+/m0/s1. The lowest BCUT2D eigenvalue weighted by Gasteiger charge is -2.25. The first-order valence-electron chi connectivity index (χ1n) is 4.50. The molecule has 0 spiro atoms. The molecule has 1 aromatic heterocycles. The van der Waals surface area contributed by atoms with Gasteiger partial charge in [-0.1, -0.05) is 0 Å². The summed E-state index contributed by atoms with van der Waals surface area (Å²) in [7, 11) is 0. The molecule has 14 heavy (non-hydrogen) atoms. The minimum absolute atomic E-state index is 0.0223. The third-order valence-electron chi connectivity index (χ3n) is 2.45. The van der Waals surface area contributed by atoms with Crippen molar-refractivity contribution in [2.24, 2.45) is 5.73 Å². The lowest BCUT2D eigenvalue weighted by molar-refractivity contribution is 0.148. The van der Waals surface area contributed by atoms with E-state index >= 15 is 0 Å². The van der Waals surface area contributed by atoms with Crippen LogP contribution in [0.5, 0.6) is 0 Å². The van der Waals surface area contributed by atoms with Crippen LogP contribution in [0.3, 0.4) is 0 Å². The normalized spacial score (nSPS) is 25.5. The molecule has 0 saturated heterocycles. The van der Waals surface area contributed by atoms with Crippen LogP contribution < -0.4 is 11.1 Å². The third-order valence-corrected chi connectivity index (χ3v) is 3.49. The molecule has 0 bridgehead atoms. The smallest absolute Gasteiger partial charge is 0.312 e. The monoisotopic (exact) mass is 212 g/mol. The number of urea groups is 1. The molecule has 4 N–H and O–H groups in total. The van der Waals surface area contributed by atoms with Gasteiger partial charge in [0.2, 0.25) is 0 Å². The molecule has 0 fully saturated rings. The molecule has 2 amide bonds. The molecule has 76 valence electrons. The quantitative estimate of drug-likeness (QED) is 0.656. The molecule has 0 unspecified atom stereocenters. The summed E-state index contributed by atoms with van der Waals surface area (Å²) >= 11 is 1.55. The van der Waals surface area contributed by atoms with Crippen LogP contribution in [0.25, 0.3) is 0 Å². The van der Waals surface area contributed by atoms with Gasteiger partial charge in [-0.3, -0.25) is 0 Å². The molecule has 0 aromatic carbocycles. The molecule has 1 aliphatic rings. The summed E-state index contributed by atoms with van der Waals surface area (Å²) in [5.41, 5.74) is 6.01. The number of hydrogen-bond acceptors (Lipinski definition) is 3. The van der Waals surface area contributed by atoms with Gasteiger partial charge in [-0.15, -0.1) is 11.3 Å². The van der Waals surface area contributed by atoms with Gasteiger partial charge in [0.15, 0.2) is 0 Å². The second-order valence-corrected chi connectivity index (χ2v) is 4.34. The highest BCUT2D eigenvalue weighted by atomic mass is 32.1. The summed E-state index contributed by atoms with van der Waals surface area (Å²) < 4.78 is 0. The van der Waals surface area contributed by atoms with E-state index in [1.807, 2.05) is 11.4 Å². The van der Waals surface area contributed by atoms with E-state index in [9.17, 15) is 9.90 Å². The van der Waals surface area contributed by atoms with Gasteiger partial charge in [0.1, 0.15) is 0 Å². The second kappa shape index (κ2) is 3.59. The van der Waals surface area contributed by atoms with Gasteiger partial charge < -0.3 is 16.2 Å². The van der Waals surface area contributed by atoms with Crippen molar-refractivity contribution in [3.05, 3.63) is 21.9 Å². The van der Waals surface area contributed by atoms with E-state index < -0.39 is 6.03 Å². The predicted octanol–water partition coefficient (Wildman–Crippen LogP) is 1.28. The molecular formula is C9H12N2O2S. The van der Waals surface area contributed by atoms with E-state index in [0.717, 1.165) is 16.9 Å². The Morgan fingerprint density at radius 2 is 2.43 bits per heavy atom. The summed E-state index contributed by atoms with van der Waals surface area (Å²) in [5.74, 6) is 0. The largest absolute Gasteiger partial charge is 0.388 e. The van der Waals surface area contributed by atoms with Gasteiger partial charge in [-0.2, -0.15) is 0 Å². The van der Waals surface area contributed by atoms with Gasteiger partial charge in [-0.05, 0) is 29.9 Å². The van der Waals surface area contributed by atoms with Crippen LogP contribution in [0.4, 0.5) is 4.79 Å². The Labute approximate surface area is 85.7 Å². The van der Waals surface area contributed by atoms with Crippen LogP contribution in [-0.4, -0.2) is 11.1 Å². The Bertz CT molecular complexity index is 350. The van der Waals surface area contributed by atoms with Crippen molar-refractivity contribution in [2.75, 3.05) is 0 Å². The van der Waals surface area contributed by atoms with Crippen molar-refractivity contribution >= 4 is 17.4 Å². The average molecular weight is 212 g/mol. The molecule has 1 aliphatic carbocycles. The van der Waals surface area contributed by atoms with Crippen molar-refractivity contribution in [1.29, 1.82) is 0 Å². The fourth-order valence-corrected chi connectivity index (χ4v) is 2.85. The van der Waals surface area contributed by atoms with Crippen LogP contribution in [-0.2, 0) is 0 Å². The molecule has 1 aromatic rings. The van der Waals surface area contributed by atoms with E-state index in [1.54, 1.807) is 11.3 Å². The first-order valence-corrected chi connectivity index (χ1v) is 5.38. The molecular weight excluding hydrogens is 200 g/mol. The van der Waals surface area contributed by atoms with Crippen LogP contribution >= 0.6 is 11.3 Å². The summed E-state index contributed by atoms with van der Waals surface area (Å²) in [4.78, 5) is 11.8. The predicted molar refractivity (Wildman–Crippen MR) is 54.0 cm³/mol. The average Bonchev–Trinajstić information content (AvgIpc) is 2.58. The van der Waals surface area contributed by atoms with E-state index in [-0.39, 0.29) is 12.1 Å². The van der Waals surface area contributed by atoms with Gasteiger partial charge in [0.25, 0.3) is 0 Å². The number of aliphatic hydroxyl groups is 1. The summed E-state index contributed by atoms with van der Waals surface area (Å²) in [6, 6.07) is 1.37. The van der Waals surface area contributed by atoms with Crippen LogP contribution in [0.2, 0.25) is 0 Å². The lowest BCUT2D eigenvalue weighted by atomic mass is 9.93. The first-order chi connectivity index (χ1) is 6.68. The number of fused-ring (bicyclic) bond motifs is 1. The zero-order valence-corrected chi connectivity index (χ0v) is 8.38. The number of nitrogens with two attached hydrogens (primary N) is 1. The maximum absolute atomic E-state index is 10.7. The molecule has 2 atom stereocenters. The summed E-state index contributed by atoms with van der Waals surface area (Å²) in [6.45, 7) is 0. The van der Waals surface area contributed by atoms with Crippen molar-refractivity contribution in [3.8, 4) is 0 Å². The van der Waals surface area contributed by atoms with Crippen LogP contribution in [0.1, 0.15) is 35.4 Å². The fourth-order valence-electron chi connectivity index (χ4n) is 1.81. The summed E-state index contributed by atoms with van der Waals surface area (Å²) in [5, 5.41) is 14.3. The van der Waals surface area contributed by atoms with Crippen LogP contribution in [0.15, 0.2) is 11.4 Å². The highest BCUT2D eigenvalue weighted by Gasteiger charge is 2.27. The number of aliphatic hydroxyl groups excluding tert-OH is 1. The second-order valence-electron chi connectivity index (χ2n) is 3.39. The lowest BCUT2D eigenvalue weighted by Crippen LogP contribution is -2.34. The van der Waals surface area contributed by atoms with Gasteiger partial charge in [0, 0.05) is 4.88 Å². The Morgan fingerprint density at radius 1 is 1.64 bits per heavy atom. The SMILES string of the molecule is NC(=O)N[C@H]1CC[C@@H](O)c2ccsc21. The van der Waals surface area contributed by atoms with E-state index in [1.165, 1.54) is 0 Å². The molecule has 0 aliphatic heterocycles. The zero-order valence-electron chi connectivity index (χ0n) is 7.56. The van der Waals surface area contributed by atoms with Gasteiger partial charge >= 0.3 is 6.03 Å². The number of amides is 2. The number of thiophene rings is 1. The van der Waals surface area contributed by atoms with Crippen molar-refractivity contribution in [1.82, 2.24) is 5.32 Å². The Hall–Kier alpha value is -1.07. The van der Waals surface area contributed by atoms with E-state index in [2.05, 4.69) is 5.32 Å². The molecule has 0 saturated carbocycles. The highest BCUT2D eigenvalue weighted by Crippen LogP contribution is 2.39. The first kappa shape index (κ1) is 9.48. The highest BCUT2D eigenvalue weighted by molar-refractivity contribution is 7.10. The topological polar surface area (TPSA) is 75.4 Å². The number of rotatable bonds is 1. The van der Waals surface area contributed by atoms with Gasteiger partial charge in [-0.25, -0.2) is 4.79 Å². The fraction of sp³-hybridized carbons (Fsp3) is 0.444.